The lowest BCUT2D eigenvalue weighted by atomic mass is 9.78. The molecule has 2 N–H and O–H groups in total. The van der Waals surface area contributed by atoms with Crippen molar-refractivity contribution in [2.24, 2.45) is 11.8 Å². The summed E-state index contributed by atoms with van der Waals surface area (Å²) in [4.78, 5) is 12.0. The lowest BCUT2D eigenvalue weighted by Crippen LogP contribution is -2.45. The minimum absolute atomic E-state index is 0.0867. The summed E-state index contributed by atoms with van der Waals surface area (Å²) in [6.45, 7) is 7.73. The fourth-order valence-corrected chi connectivity index (χ4v) is 3.16. The van der Waals surface area contributed by atoms with Gasteiger partial charge in [-0.3, -0.25) is 4.79 Å². The number of hydrogen-bond donors (Lipinski definition) is 2. The highest BCUT2D eigenvalue weighted by molar-refractivity contribution is 5.78. The Labute approximate surface area is 128 Å². The van der Waals surface area contributed by atoms with Gasteiger partial charge in [-0.2, -0.15) is 0 Å². The number of hydrogen-bond acceptors (Lipinski definition) is 2. The van der Waals surface area contributed by atoms with Crippen molar-refractivity contribution in [1.82, 2.24) is 10.6 Å². The number of rotatable bonds is 5. The van der Waals surface area contributed by atoms with Crippen molar-refractivity contribution in [3.05, 3.63) is 35.4 Å². The van der Waals surface area contributed by atoms with E-state index < -0.39 is 0 Å². The second-order valence-electron chi connectivity index (χ2n) is 6.46. The van der Waals surface area contributed by atoms with Crippen LogP contribution in [0.3, 0.4) is 0 Å². The molecule has 0 radical (unpaired) electrons. The molecule has 1 aromatic rings. The Bertz CT molecular complexity index is 472. The van der Waals surface area contributed by atoms with E-state index in [2.05, 4.69) is 43.5 Å². The largest absolute Gasteiger partial charge is 0.351 e. The van der Waals surface area contributed by atoms with Crippen LogP contribution < -0.4 is 10.6 Å². The van der Waals surface area contributed by atoms with Crippen LogP contribution in [0.25, 0.3) is 0 Å². The monoisotopic (exact) mass is 288 g/mol. The summed E-state index contributed by atoms with van der Waals surface area (Å²) in [5.74, 6) is 1.50. The van der Waals surface area contributed by atoms with Crippen molar-refractivity contribution in [2.45, 2.75) is 52.6 Å². The van der Waals surface area contributed by atoms with Crippen LogP contribution in [0.5, 0.6) is 0 Å². The van der Waals surface area contributed by atoms with E-state index in [1.807, 2.05) is 12.1 Å². The van der Waals surface area contributed by atoms with E-state index in [0.717, 1.165) is 5.92 Å². The van der Waals surface area contributed by atoms with Gasteiger partial charge < -0.3 is 10.6 Å². The second kappa shape index (κ2) is 7.60. The van der Waals surface area contributed by atoms with Gasteiger partial charge in [-0.05, 0) is 36.3 Å². The number of nitrogens with one attached hydrogen (secondary N) is 2. The highest BCUT2D eigenvalue weighted by atomic mass is 16.1. The van der Waals surface area contributed by atoms with Crippen molar-refractivity contribution in [3.63, 3.8) is 0 Å². The number of amides is 1. The first-order valence-electron chi connectivity index (χ1n) is 8.12. The van der Waals surface area contributed by atoms with Crippen LogP contribution in [0.4, 0.5) is 0 Å². The van der Waals surface area contributed by atoms with Crippen LogP contribution in [-0.4, -0.2) is 18.5 Å². The third-order valence-electron chi connectivity index (χ3n) is 4.97. The van der Waals surface area contributed by atoms with Crippen molar-refractivity contribution in [3.8, 4) is 0 Å². The smallest absolute Gasteiger partial charge is 0.234 e. The number of carbonyl (C=O) groups is 1. The molecule has 0 spiro atoms. The van der Waals surface area contributed by atoms with Crippen molar-refractivity contribution < 1.29 is 4.79 Å². The van der Waals surface area contributed by atoms with Crippen LogP contribution in [0.15, 0.2) is 24.3 Å². The van der Waals surface area contributed by atoms with Gasteiger partial charge in [0, 0.05) is 12.6 Å². The first-order chi connectivity index (χ1) is 10.1. The summed E-state index contributed by atoms with van der Waals surface area (Å²) in [5, 5.41) is 6.44. The topological polar surface area (TPSA) is 41.1 Å². The van der Waals surface area contributed by atoms with Gasteiger partial charge in [0.25, 0.3) is 0 Å². The number of aryl methyl sites for hydroxylation is 1. The molecule has 1 aromatic carbocycles. The van der Waals surface area contributed by atoms with E-state index in [9.17, 15) is 4.79 Å². The summed E-state index contributed by atoms with van der Waals surface area (Å²) in [5.41, 5.74) is 2.41. The summed E-state index contributed by atoms with van der Waals surface area (Å²) < 4.78 is 0. The minimum atomic E-state index is 0.0867. The predicted molar refractivity (Wildman–Crippen MR) is 87.0 cm³/mol. The van der Waals surface area contributed by atoms with E-state index in [4.69, 9.17) is 0 Å². The molecular formula is C18H28N2O. The standard InChI is InChI=1S/C18H28N2O/c1-13-8-6-10-17(15(13)3)19-12-18(21)20-11-16-9-5-4-7-14(16)2/h4-5,7,9,13,15,17,19H,6,8,10-12H2,1-3H3,(H,20,21). The fraction of sp³-hybridized carbons (Fsp3) is 0.611. The quantitative estimate of drug-likeness (QED) is 0.874. The predicted octanol–water partition coefficient (Wildman–Crippen LogP) is 3.03. The van der Waals surface area contributed by atoms with Crippen molar-refractivity contribution >= 4 is 5.91 Å². The molecular weight excluding hydrogens is 260 g/mol. The fourth-order valence-electron chi connectivity index (χ4n) is 3.16. The summed E-state index contributed by atoms with van der Waals surface area (Å²) in [7, 11) is 0. The van der Waals surface area contributed by atoms with Crippen LogP contribution in [0.2, 0.25) is 0 Å². The number of benzene rings is 1. The second-order valence-corrected chi connectivity index (χ2v) is 6.46. The first-order valence-corrected chi connectivity index (χ1v) is 8.12. The van der Waals surface area contributed by atoms with E-state index in [0.29, 0.717) is 25.0 Å². The SMILES string of the molecule is Cc1ccccc1CNC(=O)CNC1CCCC(C)C1C. The zero-order valence-corrected chi connectivity index (χ0v) is 13.5. The molecule has 0 bridgehead atoms. The molecule has 1 amide bonds. The number of carbonyl (C=O) groups excluding carboxylic acids is 1. The molecule has 2 rings (SSSR count). The Morgan fingerprint density at radius 1 is 1.24 bits per heavy atom. The molecule has 0 aromatic heterocycles. The van der Waals surface area contributed by atoms with E-state index in [1.165, 1.54) is 30.4 Å². The lowest BCUT2D eigenvalue weighted by Gasteiger charge is -2.34. The highest BCUT2D eigenvalue weighted by Crippen LogP contribution is 2.29. The molecule has 21 heavy (non-hydrogen) atoms. The van der Waals surface area contributed by atoms with E-state index >= 15 is 0 Å². The average molecular weight is 288 g/mol. The van der Waals surface area contributed by atoms with Gasteiger partial charge in [-0.15, -0.1) is 0 Å². The Morgan fingerprint density at radius 2 is 2.00 bits per heavy atom. The molecule has 0 aliphatic heterocycles. The first kappa shape index (κ1) is 16.0. The maximum absolute atomic E-state index is 12.0. The third-order valence-corrected chi connectivity index (χ3v) is 4.97. The summed E-state index contributed by atoms with van der Waals surface area (Å²) >= 11 is 0. The van der Waals surface area contributed by atoms with Crippen LogP contribution in [0, 0.1) is 18.8 Å². The summed E-state index contributed by atoms with van der Waals surface area (Å²) in [6, 6.07) is 8.66. The molecule has 3 heteroatoms. The normalized spacial score (nSPS) is 25.6. The Kier molecular flexibility index (Phi) is 5.80. The Hall–Kier alpha value is -1.35. The van der Waals surface area contributed by atoms with Gasteiger partial charge in [-0.25, -0.2) is 0 Å². The maximum atomic E-state index is 12.0. The molecule has 3 nitrogen and oxygen atoms in total. The minimum Gasteiger partial charge on any atom is -0.351 e. The summed E-state index contributed by atoms with van der Waals surface area (Å²) in [6.07, 6.45) is 3.78. The van der Waals surface area contributed by atoms with Crippen molar-refractivity contribution in [2.75, 3.05) is 6.54 Å². The average Bonchev–Trinajstić information content (AvgIpc) is 2.48. The zero-order valence-electron chi connectivity index (χ0n) is 13.5. The molecule has 3 unspecified atom stereocenters. The maximum Gasteiger partial charge on any atom is 0.234 e. The van der Waals surface area contributed by atoms with Crippen LogP contribution in [-0.2, 0) is 11.3 Å². The van der Waals surface area contributed by atoms with Gasteiger partial charge in [-0.1, -0.05) is 51.0 Å². The molecule has 3 atom stereocenters. The third kappa shape index (κ3) is 4.57. The van der Waals surface area contributed by atoms with E-state index in [1.54, 1.807) is 0 Å². The van der Waals surface area contributed by atoms with Gasteiger partial charge in [0.1, 0.15) is 0 Å². The Balaban J connectivity index is 1.74. The molecule has 0 saturated heterocycles. The molecule has 116 valence electrons. The van der Waals surface area contributed by atoms with Crippen LogP contribution in [0.1, 0.15) is 44.2 Å². The van der Waals surface area contributed by atoms with Gasteiger partial charge >= 0.3 is 0 Å². The van der Waals surface area contributed by atoms with E-state index in [-0.39, 0.29) is 5.91 Å². The molecule has 1 fully saturated rings. The Morgan fingerprint density at radius 3 is 2.76 bits per heavy atom. The van der Waals surface area contributed by atoms with Crippen molar-refractivity contribution in [1.29, 1.82) is 0 Å². The lowest BCUT2D eigenvalue weighted by molar-refractivity contribution is -0.120. The molecule has 0 heterocycles. The van der Waals surface area contributed by atoms with Crippen LogP contribution >= 0.6 is 0 Å². The molecule has 1 aliphatic rings. The van der Waals surface area contributed by atoms with Gasteiger partial charge in [0.2, 0.25) is 5.91 Å². The van der Waals surface area contributed by atoms with Gasteiger partial charge in [0.05, 0.1) is 6.54 Å². The highest BCUT2D eigenvalue weighted by Gasteiger charge is 2.26. The molecule has 1 aliphatic carbocycles. The molecule has 1 saturated carbocycles. The zero-order chi connectivity index (χ0) is 15.2. The van der Waals surface area contributed by atoms with Gasteiger partial charge in [0.15, 0.2) is 0 Å².